The summed E-state index contributed by atoms with van der Waals surface area (Å²) in [5.74, 6) is 0.369. The molecular weight excluding hydrogens is 616 g/mol. The second kappa shape index (κ2) is 12.0. The first kappa shape index (κ1) is 36.7. The molecule has 0 aromatic carbocycles. The van der Waals surface area contributed by atoms with E-state index in [-0.39, 0.29) is 40.1 Å². The summed E-state index contributed by atoms with van der Waals surface area (Å²) in [7, 11) is 0. The van der Waals surface area contributed by atoms with Crippen molar-refractivity contribution in [1.29, 1.82) is 0 Å². The Labute approximate surface area is 286 Å². The fourth-order valence-corrected chi connectivity index (χ4v) is 13.2. The standard InChI is InChI=1S/C38H62O10/c1-18(2)21-14-23(42)31-35(21,6)12-13-37(8)27-20(10-11-38(31,37)9)36(7)16-24(46-19(3)40)32(34(4,5)26(36)15-22(27)41)48-33-30(45)29(44)28(43)25(17-39)47-33/h10,18,21-33,39,41-45H,11-17H2,1-9H3/t21-,22-,23+,24+,25+,26-,27-,28+,29-,30+,31-,32-,33-,35-,36+,37-,38+/m0/s1. The van der Waals surface area contributed by atoms with Crippen LogP contribution >= 0.6 is 0 Å². The molecule has 0 bridgehead atoms. The van der Waals surface area contributed by atoms with Gasteiger partial charge in [-0.05, 0) is 89.3 Å². The van der Waals surface area contributed by atoms with Crippen LogP contribution in [0.25, 0.3) is 0 Å². The van der Waals surface area contributed by atoms with Crippen LogP contribution < -0.4 is 0 Å². The van der Waals surface area contributed by atoms with E-state index in [0.717, 1.165) is 25.7 Å². The van der Waals surface area contributed by atoms with Gasteiger partial charge in [0.1, 0.15) is 36.6 Å². The Bertz CT molecular complexity index is 1280. The lowest BCUT2D eigenvalue weighted by atomic mass is 9.35. The number of aliphatic hydroxyl groups excluding tert-OH is 6. The van der Waals surface area contributed by atoms with E-state index in [2.05, 4.69) is 47.6 Å². The molecule has 0 unspecified atom stereocenters. The van der Waals surface area contributed by atoms with Crippen LogP contribution in [-0.4, -0.2) is 98.3 Å². The number of rotatable bonds is 5. The number of hydrogen-bond donors (Lipinski definition) is 6. The van der Waals surface area contributed by atoms with Crippen LogP contribution in [0.1, 0.15) is 101 Å². The number of esters is 1. The number of ether oxygens (including phenoxy) is 3. The van der Waals surface area contributed by atoms with E-state index in [4.69, 9.17) is 14.2 Å². The van der Waals surface area contributed by atoms with E-state index in [1.54, 1.807) is 0 Å². The zero-order chi connectivity index (χ0) is 35.5. The van der Waals surface area contributed by atoms with E-state index in [9.17, 15) is 35.4 Å². The number of aliphatic hydroxyl groups is 6. The van der Waals surface area contributed by atoms with E-state index < -0.39 is 72.4 Å². The molecule has 0 aromatic heterocycles. The summed E-state index contributed by atoms with van der Waals surface area (Å²) in [4.78, 5) is 12.6. The molecule has 5 aliphatic carbocycles. The SMILES string of the molecule is CC(=O)O[C@@H]1C[C@]2(C)C3=CC[C@]4(C)[C@H]5[C@H](O)C[C@@H](C(C)C)[C@]5(C)CC[C@@]4(C)[C@@H]3[C@@H](O)C[C@H]2C(C)(C)[C@H]1O[C@@H]1O[C@H](CO)[C@@H](O)[C@H](O)[C@H]1O. The van der Waals surface area contributed by atoms with Gasteiger partial charge in [-0.15, -0.1) is 0 Å². The number of allylic oxidation sites excluding steroid dienone is 1. The lowest BCUT2D eigenvalue weighted by Crippen LogP contribution is -2.68. The molecule has 4 saturated carbocycles. The smallest absolute Gasteiger partial charge is 0.302 e. The van der Waals surface area contributed by atoms with Crippen LogP contribution in [0.5, 0.6) is 0 Å². The Morgan fingerprint density at radius 3 is 2.21 bits per heavy atom. The molecule has 10 nitrogen and oxygen atoms in total. The van der Waals surface area contributed by atoms with E-state index in [0.29, 0.717) is 24.7 Å². The molecule has 17 atom stereocenters. The summed E-state index contributed by atoms with van der Waals surface area (Å²) in [6.07, 6.45) is -2.88. The third-order valence-corrected chi connectivity index (χ3v) is 15.5. The zero-order valence-electron chi connectivity index (χ0n) is 30.4. The fourth-order valence-electron chi connectivity index (χ4n) is 13.2. The van der Waals surface area contributed by atoms with Crippen LogP contribution in [0.2, 0.25) is 0 Å². The highest BCUT2D eigenvalue weighted by molar-refractivity contribution is 5.66. The Morgan fingerprint density at radius 2 is 1.60 bits per heavy atom. The van der Waals surface area contributed by atoms with Crippen molar-refractivity contribution in [2.24, 2.45) is 56.7 Å². The van der Waals surface area contributed by atoms with Gasteiger partial charge in [-0.2, -0.15) is 0 Å². The third kappa shape index (κ3) is 4.97. The normalized spacial score (nSPS) is 54.4. The van der Waals surface area contributed by atoms with Crippen LogP contribution in [0.3, 0.4) is 0 Å². The molecule has 0 aromatic rings. The van der Waals surface area contributed by atoms with Crippen molar-refractivity contribution >= 4 is 5.97 Å². The molecule has 10 heteroatoms. The first-order valence-corrected chi connectivity index (χ1v) is 18.4. The number of carbonyl (C=O) groups excluding carboxylic acids is 1. The summed E-state index contributed by atoms with van der Waals surface area (Å²) in [6, 6.07) is 0. The van der Waals surface area contributed by atoms with Gasteiger partial charge >= 0.3 is 5.97 Å². The molecule has 6 rings (SSSR count). The molecule has 6 aliphatic rings. The first-order valence-electron chi connectivity index (χ1n) is 18.4. The van der Waals surface area contributed by atoms with Crippen LogP contribution in [0.15, 0.2) is 11.6 Å². The van der Waals surface area contributed by atoms with Gasteiger partial charge in [0.05, 0.1) is 18.8 Å². The number of carbonyl (C=O) groups is 1. The average molecular weight is 679 g/mol. The summed E-state index contributed by atoms with van der Waals surface area (Å²) in [5.41, 5.74) is -0.400. The van der Waals surface area contributed by atoms with Gasteiger partial charge in [-0.25, -0.2) is 0 Å². The lowest BCUT2D eigenvalue weighted by Gasteiger charge is -2.70. The average Bonchev–Trinajstić information content (AvgIpc) is 3.27. The molecule has 5 fully saturated rings. The summed E-state index contributed by atoms with van der Waals surface area (Å²) in [6.45, 7) is 18.8. The molecule has 48 heavy (non-hydrogen) atoms. The van der Waals surface area contributed by atoms with Gasteiger partial charge in [0.2, 0.25) is 0 Å². The van der Waals surface area contributed by atoms with Gasteiger partial charge in [-0.1, -0.05) is 67.0 Å². The van der Waals surface area contributed by atoms with Crippen molar-refractivity contribution in [3.63, 3.8) is 0 Å². The topological polar surface area (TPSA) is 166 Å². The minimum Gasteiger partial charge on any atom is -0.460 e. The fraction of sp³-hybridized carbons (Fsp3) is 0.921. The van der Waals surface area contributed by atoms with Gasteiger partial charge in [0.15, 0.2) is 6.29 Å². The van der Waals surface area contributed by atoms with Crippen LogP contribution in [0.4, 0.5) is 0 Å². The van der Waals surface area contributed by atoms with Crippen LogP contribution in [0, 0.1) is 56.7 Å². The van der Waals surface area contributed by atoms with Crippen LogP contribution in [-0.2, 0) is 19.0 Å². The highest BCUT2D eigenvalue weighted by atomic mass is 16.7. The Morgan fingerprint density at radius 1 is 0.938 bits per heavy atom. The Balaban J connectivity index is 1.38. The van der Waals surface area contributed by atoms with Crippen molar-refractivity contribution in [2.45, 2.75) is 156 Å². The summed E-state index contributed by atoms with van der Waals surface area (Å²) >= 11 is 0. The highest BCUT2D eigenvalue weighted by Gasteiger charge is 2.72. The molecular formula is C38H62O10. The lowest BCUT2D eigenvalue weighted by molar-refractivity contribution is -0.337. The second-order valence-electron chi connectivity index (χ2n) is 18.5. The molecule has 274 valence electrons. The van der Waals surface area contributed by atoms with Crippen molar-refractivity contribution in [3.8, 4) is 0 Å². The molecule has 1 saturated heterocycles. The maximum Gasteiger partial charge on any atom is 0.302 e. The Hall–Kier alpha value is -1.11. The van der Waals surface area contributed by atoms with Crippen molar-refractivity contribution in [2.75, 3.05) is 6.61 Å². The highest BCUT2D eigenvalue weighted by Crippen LogP contribution is 2.76. The molecule has 1 aliphatic heterocycles. The maximum absolute atomic E-state index is 12.6. The van der Waals surface area contributed by atoms with E-state index >= 15 is 0 Å². The van der Waals surface area contributed by atoms with Crippen molar-refractivity contribution in [3.05, 3.63) is 11.6 Å². The van der Waals surface area contributed by atoms with Gasteiger partial charge in [0.25, 0.3) is 0 Å². The minimum absolute atomic E-state index is 0.0292. The first-order chi connectivity index (χ1) is 22.2. The van der Waals surface area contributed by atoms with Gasteiger partial charge < -0.3 is 44.8 Å². The Kier molecular flexibility index (Phi) is 9.15. The predicted molar refractivity (Wildman–Crippen MR) is 177 cm³/mol. The third-order valence-electron chi connectivity index (χ3n) is 15.5. The van der Waals surface area contributed by atoms with E-state index in [1.165, 1.54) is 12.5 Å². The number of fused-ring (bicyclic) bond motifs is 7. The van der Waals surface area contributed by atoms with Gasteiger partial charge in [0, 0.05) is 12.8 Å². The minimum atomic E-state index is -1.60. The second-order valence-corrected chi connectivity index (χ2v) is 18.5. The summed E-state index contributed by atoms with van der Waals surface area (Å²) in [5, 5.41) is 65.6. The molecule has 0 amide bonds. The number of hydrogen-bond acceptors (Lipinski definition) is 10. The van der Waals surface area contributed by atoms with Crippen molar-refractivity contribution < 1.29 is 49.6 Å². The summed E-state index contributed by atoms with van der Waals surface area (Å²) < 4.78 is 18.2. The molecule has 1 heterocycles. The molecule has 0 radical (unpaired) electrons. The predicted octanol–water partition coefficient (Wildman–Crippen LogP) is 3.33. The largest absolute Gasteiger partial charge is 0.460 e. The van der Waals surface area contributed by atoms with E-state index in [1.807, 2.05) is 13.8 Å². The molecule has 0 spiro atoms. The maximum atomic E-state index is 12.6. The zero-order valence-corrected chi connectivity index (χ0v) is 30.4. The van der Waals surface area contributed by atoms with Crippen molar-refractivity contribution in [1.82, 2.24) is 0 Å². The quantitative estimate of drug-likeness (QED) is 0.144. The monoisotopic (exact) mass is 678 g/mol. The molecule has 6 N–H and O–H groups in total. The van der Waals surface area contributed by atoms with Gasteiger partial charge in [-0.3, -0.25) is 4.79 Å².